The zero-order chi connectivity index (χ0) is 18.0. The molecule has 1 aromatic carbocycles. The Morgan fingerprint density at radius 2 is 1.72 bits per heavy atom. The molecule has 0 bridgehead atoms. The minimum absolute atomic E-state index is 0.113. The highest BCUT2D eigenvalue weighted by Crippen LogP contribution is 2.23. The van der Waals surface area contributed by atoms with Crippen molar-refractivity contribution in [1.29, 1.82) is 0 Å². The highest BCUT2D eigenvalue weighted by atomic mass is 35.5. The van der Waals surface area contributed by atoms with E-state index < -0.39 is 10.0 Å². The molecule has 0 unspecified atom stereocenters. The number of benzene rings is 1. The molecule has 1 aliphatic heterocycles. The van der Waals surface area contributed by atoms with Gasteiger partial charge in [-0.1, -0.05) is 17.7 Å². The predicted molar refractivity (Wildman–Crippen MR) is 95.1 cm³/mol. The van der Waals surface area contributed by atoms with E-state index in [1.165, 1.54) is 10.4 Å². The third kappa shape index (κ3) is 3.68. The maximum atomic E-state index is 12.8. The van der Waals surface area contributed by atoms with Crippen LogP contribution in [-0.2, 0) is 10.0 Å². The SMILES string of the molecule is Cc1ccc(S(=O)(=O)N2CCN(C(=O)c3ccncc3)CC2)cc1Cl. The van der Waals surface area contributed by atoms with E-state index in [2.05, 4.69) is 4.98 Å². The lowest BCUT2D eigenvalue weighted by atomic mass is 10.2. The van der Waals surface area contributed by atoms with Crippen molar-refractivity contribution < 1.29 is 13.2 Å². The van der Waals surface area contributed by atoms with E-state index in [0.29, 0.717) is 23.7 Å². The van der Waals surface area contributed by atoms with Gasteiger partial charge in [-0.2, -0.15) is 4.31 Å². The van der Waals surface area contributed by atoms with Gasteiger partial charge in [0.25, 0.3) is 5.91 Å². The molecule has 25 heavy (non-hydrogen) atoms. The number of carbonyl (C=O) groups is 1. The van der Waals surface area contributed by atoms with Gasteiger partial charge < -0.3 is 4.90 Å². The molecule has 2 heterocycles. The Balaban J connectivity index is 1.71. The Kier molecular flexibility index (Phi) is 5.08. The van der Waals surface area contributed by atoms with Crippen molar-refractivity contribution >= 4 is 27.5 Å². The quantitative estimate of drug-likeness (QED) is 0.819. The summed E-state index contributed by atoms with van der Waals surface area (Å²) in [5.41, 5.74) is 1.38. The smallest absolute Gasteiger partial charge is 0.254 e. The van der Waals surface area contributed by atoms with Crippen LogP contribution in [0.3, 0.4) is 0 Å². The van der Waals surface area contributed by atoms with Crippen molar-refractivity contribution in [2.24, 2.45) is 0 Å². The fourth-order valence-corrected chi connectivity index (χ4v) is 4.39. The zero-order valence-electron chi connectivity index (χ0n) is 13.7. The number of aromatic nitrogens is 1. The third-order valence-corrected chi connectivity index (χ3v) is 6.54. The molecule has 2 aromatic rings. The molecule has 1 aromatic heterocycles. The number of hydrogen-bond donors (Lipinski definition) is 0. The summed E-state index contributed by atoms with van der Waals surface area (Å²) >= 11 is 6.05. The van der Waals surface area contributed by atoms with E-state index in [9.17, 15) is 13.2 Å². The Hall–Kier alpha value is -1.96. The summed E-state index contributed by atoms with van der Waals surface area (Å²) in [6.45, 7) is 3.03. The van der Waals surface area contributed by atoms with E-state index >= 15 is 0 Å². The van der Waals surface area contributed by atoms with Gasteiger partial charge in [-0.05, 0) is 36.8 Å². The lowest BCUT2D eigenvalue weighted by molar-refractivity contribution is 0.0698. The summed E-state index contributed by atoms with van der Waals surface area (Å²) in [5.74, 6) is -0.113. The molecule has 132 valence electrons. The second kappa shape index (κ2) is 7.11. The van der Waals surface area contributed by atoms with E-state index in [-0.39, 0.29) is 23.9 Å². The highest BCUT2D eigenvalue weighted by Gasteiger charge is 2.30. The monoisotopic (exact) mass is 379 g/mol. The maximum Gasteiger partial charge on any atom is 0.254 e. The molecule has 6 nitrogen and oxygen atoms in total. The van der Waals surface area contributed by atoms with Gasteiger partial charge in [-0.3, -0.25) is 9.78 Å². The molecule has 1 aliphatic rings. The topological polar surface area (TPSA) is 70.6 Å². The minimum atomic E-state index is -3.61. The number of aryl methyl sites for hydroxylation is 1. The fourth-order valence-electron chi connectivity index (χ4n) is 2.69. The number of halogens is 1. The number of sulfonamides is 1. The third-order valence-electron chi connectivity index (χ3n) is 4.23. The number of rotatable bonds is 3. The Bertz CT molecular complexity index is 879. The van der Waals surface area contributed by atoms with Crippen molar-refractivity contribution in [3.8, 4) is 0 Å². The largest absolute Gasteiger partial charge is 0.336 e. The fraction of sp³-hybridized carbons (Fsp3) is 0.294. The van der Waals surface area contributed by atoms with Gasteiger partial charge in [-0.25, -0.2) is 8.42 Å². The molecule has 8 heteroatoms. The number of piperazine rings is 1. The molecule has 0 spiro atoms. The van der Waals surface area contributed by atoms with E-state index in [1.54, 1.807) is 41.6 Å². The molecule has 1 fully saturated rings. The summed E-state index contributed by atoms with van der Waals surface area (Å²) in [4.78, 5) is 18.1. The van der Waals surface area contributed by atoms with E-state index in [4.69, 9.17) is 11.6 Å². The van der Waals surface area contributed by atoms with Crippen LogP contribution in [0.1, 0.15) is 15.9 Å². The average Bonchev–Trinajstić information content (AvgIpc) is 2.64. The molecule has 0 saturated carbocycles. The highest BCUT2D eigenvalue weighted by molar-refractivity contribution is 7.89. The van der Waals surface area contributed by atoms with Gasteiger partial charge >= 0.3 is 0 Å². The Morgan fingerprint density at radius 3 is 2.32 bits per heavy atom. The number of nitrogens with zero attached hydrogens (tertiary/aromatic N) is 3. The van der Waals surface area contributed by atoms with Gasteiger partial charge in [0.2, 0.25) is 10.0 Å². The van der Waals surface area contributed by atoms with Crippen molar-refractivity contribution in [2.45, 2.75) is 11.8 Å². The molecule has 0 N–H and O–H groups in total. The summed E-state index contributed by atoms with van der Waals surface area (Å²) in [6.07, 6.45) is 3.13. The van der Waals surface area contributed by atoms with Crippen LogP contribution >= 0.6 is 11.6 Å². The van der Waals surface area contributed by atoms with Crippen LogP contribution in [0.25, 0.3) is 0 Å². The minimum Gasteiger partial charge on any atom is -0.336 e. The Morgan fingerprint density at radius 1 is 1.08 bits per heavy atom. The molecule has 3 rings (SSSR count). The first-order chi connectivity index (χ1) is 11.9. The Labute approximate surface area is 152 Å². The van der Waals surface area contributed by atoms with Crippen LogP contribution in [0, 0.1) is 6.92 Å². The average molecular weight is 380 g/mol. The van der Waals surface area contributed by atoms with Crippen LogP contribution in [0.4, 0.5) is 0 Å². The molecule has 0 atom stereocenters. The normalized spacial score (nSPS) is 16.0. The standard InChI is InChI=1S/C17H18ClN3O3S/c1-13-2-3-15(12-16(13)18)25(23,24)21-10-8-20(9-11-21)17(22)14-4-6-19-7-5-14/h2-7,12H,8-11H2,1H3. The molecular weight excluding hydrogens is 362 g/mol. The van der Waals surface area contributed by atoms with Crippen molar-refractivity contribution in [3.05, 3.63) is 58.9 Å². The van der Waals surface area contributed by atoms with Crippen LogP contribution in [0.15, 0.2) is 47.6 Å². The summed E-state index contributed by atoms with van der Waals surface area (Å²) in [7, 11) is -3.61. The maximum absolute atomic E-state index is 12.8. The summed E-state index contributed by atoms with van der Waals surface area (Å²) < 4.78 is 26.9. The molecule has 0 radical (unpaired) electrons. The molecule has 1 amide bonds. The van der Waals surface area contributed by atoms with Crippen LogP contribution in [0.5, 0.6) is 0 Å². The molecular formula is C17H18ClN3O3S. The predicted octanol–water partition coefficient (Wildman–Crippen LogP) is 2.19. The summed E-state index contributed by atoms with van der Waals surface area (Å²) in [5, 5.41) is 0.424. The van der Waals surface area contributed by atoms with Crippen LogP contribution < -0.4 is 0 Å². The second-order valence-electron chi connectivity index (χ2n) is 5.84. The number of amides is 1. The number of hydrogen-bond acceptors (Lipinski definition) is 4. The van der Waals surface area contributed by atoms with Crippen LogP contribution in [-0.4, -0.2) is 54.7 Å². The van der Waals surface area contributed by atoms with Gasteiger partial charge in [0.15, 0.2) is 0 Å². The van der Waals surface area contributed by atoms with Crippen molar-refractivity contribution in [1.82, 2.24) is 14.2 Å². The van der Waals surface area contributed by atoms with Crippen molar-refractivity contribution in [2.75, 3.05) is 26.2 Å². The van der Waals surface area contributed by atoms with Crippen LogP contribution in [0.2, 0.25) is 5.02 Å². The number of carbonyl (C=O) groups excluding carboxylic acids is 1. The second-order valence-corrected chi connectivity index (χ2v) is 8.19. The van der Waals surface area contributed by atoms with Gasteiger partial charge in [-0.15, -0.1) is 0 Å². The first-order valence-electron chi connectivity index (χ1n) is 7.85. The first-order valence-corrected chi connectivity index (χ1v) is 9.67. The first kappa shape index (κ1) is 17.8. The lowest BCUT2D eigenvalue weighted by Gasteiger charge is -2.34. The summed E-state index contributed by atoms with van der Waals surface area (Å²) in [6, 6.07) is 8.03. The molecule has 1 saturated heterocycles. The van der Waals surface area contributed by atoms with Gasteiger partial charge in [0.05, 0.1) is 4.90 Å². The number of pyridine rings is 1. The lowest BCUT2D eigenvalue weighted by Crippen LogP contribution is -2.50. The van der Waals surface area contributed by atoms with E-state index in [1.807, 2.05) is 6.92 Å². The van der Waals surface area contributed by atoms with Crippen molar-refractivity contribution in [3.63, 3.8) is 0 Å². The zero-order valence-corrected chi connectivity index (χ0v) is 15.3. The van der Waals surface area contributed by atoms with Gasteiger partial charge in [0.1, 0.15) is 0 Å². The van der Waals surface area contributed by atoms with E-state index in [0.717, 1.165) is 5.56 Å². The van der Waals surface area contributed by atoms with Gasteiger partial charge in [0, 0.05) is 49.2 Å². The molecule has 0 aliphatic carbocycles.